The van der Waals surface area contributed by atoms with Gasteiger partial charge < -0.3 is 9.88 Å². The molecule has 2 aromatic carbocycles. The molecule has 0 aliphatic carbocycles. The first kappa shape index (κ1) is 19.2. The Morgan fingerprint density at radius 3 is 2.63 bits per heavy atom. The predicted molar refractivity (Wildman–Crippen MR) is 108 cm³/mol. The van der Waals surface area contributed by atoms with Gasteiger partial charge in [-0.2, -0.15) is 0 Å². The summed E-state index contributed by atoms with van der Waals surface area (Å²) in [5, 5.41) is 4.16. The Labute approximate surface area is 160 Å². The minimum atomic E-state index is -0.279. The van der Waals surface area contributed by atoms with Gasteiger partial charge >= 0.3 is 0 Å². The SMILES string of the molecule is CC[C@@H](C)NC(=O)C[C@H](c1cccc(F)c1)c1cn(CC)c2ccccc12. The van der Waals surface area contributed by atoms with Crippen LogP contribution in [0.4, 0.5) is 4.39 Å². The summed E-state index contributed by atoms with van der Waals surface area (Å²) in [6.45, 7) is 6.99. The Morgan fingerprint density at radius 2 is 1.93 bits per heavy atom. The van der Waals surface area contributed by atoms with Crippen LogP contribution in [0.5, 0.6) is 0 Å². The molecule has 1 heterocycles. The number of hydrogen-bond donors (Lipinski definition) is 1. The molecule has 1 N–H and O–H groups in total. The van der Waals surface area contributed by atoms with E-state index in [0.717, 1.165) is 35.0 Å². The lowest BCUT2D eigenvalue weighted by atomic mass is 9.88. The van der Waals surface area contributed by atoms with E-state index in [1.165, 1.54) is 6.07 Å². The fourth-order valence-electron chi connectivity index (χ4n) is 3.57. The molecule has 0 fully saturated rings. The lowest BCUT2D eigenvalue weighted by Gasteiger charge is -2.19. The Balaban J connectivity index is 2.06. The van der Waals surface area contributed by atoms with E-state index in [9.17, 15) is 9.18 Å². The molecule has 0 bridgehead atoms. The molecule has 142 valence electrons. The Morgan fingerprint density at radius 1 is 1.15 bits per heavy atom. The van der Waals surface area contributed by atoms with Crippen LogP contribution in [0, 0.1) is 5.82 Å². The average Bonchev–Trinajstić information content (AvgIpc) is 3.04. The van der Waals surface area contributed by atoms with Crippen molar-refractivity contribution in [3.8, 4) is 0 Å². The van der Waals surface area contributed by atoms with Crippen LogP contribution in [0.2, 0.25) is 0 Å². The van der Waals surface area contributed by atoms with Crippen molar-refractivity contribution in [2.75, 3.05) is 0 Å². The number of hydrogen-bond acceptors (Lipinski definition) is 1. The molecule has 3 nitrogen and oxygen atoms in total. The smallest absolute Gasteiger partial charge is 0.221 e. The number of amides is 1. The van der Waals surface area contributed by atoms with Crippen molar-refractivity contribution >= 4 is 16.8 Å². The first-order valence-corrected chi connectivity index (χ1v) is 9.66. The van der Waals surface area contributed by atoms with Crippen LogP contribution in [-0.4, -0.2) is 16.5 Å². The average molecular weight is 366 g/mol. The summed E-state index contributed by atoms with van der Waals surface area (Å²) in [6.07, 6.45) is 3.29. The number of aryl methyl sites for hydroxylation is 1. The van der Waals surface area contributed by atoms with Crippen LogP contribution in [0.15, 0.2) is 54.7 Å². The molecule has 1 amide bonds. The third kappa shape index (κ3) is 4.21. The van der Waals surface area contributed by atoms with Gasteiger partial charge in [0, 0.05) is 42.0 Å². The molecule has 0 spiro atoms. The normalized spacial score (nSPS) is 13.5. The standard InChI is InChI=1S/C23H27FN2O/c1-4-16(3)25-23(27)14-20(17-9-8-10-18(24)13-17)21-15-26(5-2)22-12-7-6-11-19(21)22/h6-13,15-16,20H,4-5,14H2,1-3H3,(H,25,27)/t16-,20-/m1/s1. The third-order valence-corrected chi connectivity index (χ3v) is 5.20. The van der Waals surface area contributed by atoms with Crippen LogP contribution >= 0.6 is 0 Å². The van der Waals surface area contributed by atoms with E-state index in [1.54, 1.807) is 12.1 Å². The quantitative estimate of drug-likeness (QED) is 0.610. The summed E-state index contributed by atoms with van der Waals surface area (Å²) in [7, 11) is 0. The topological polar surface area (TPSA) is 34.0 Å². The van der Waals surface area contributed by atoms with Gasteiger partial charge in [0.25, 0.3) is 0 Å². The van der Waals surface area contributed by atoms with E-state index in [1.807, 2.05) is 32.0 Å². The zero-order valence-corrected chi connectivity index (χ0v) is 16.2. The van der Waals surface area contributed by atoms with Crippen molar-refractivity contribution in [1.82, 2.24) is 9.88 Å². The largest absolute Gasteiger partial charge is 0.354 e. The predicted octanol–water partition coefficient (Wildman–Crippen LogP) is 5.24. The summed E-state index contributed by atoms with van der Waals surface area (Å²) in [4.78, 5) is 12.7. The van der Waals surface area contributed by atoms with Gasteiger partial charge in [-0.15, -0.1) is 0 Å². The second-order valence-corrected chi connectivity index (χ2v) is 7.08. The van der Waals surface area contributed by atoms with E-state index in [4.69, 9.17) is 0 Å². The maximum atomic E-state index is 13.9. The van der Waals surface area contributed by atoms with Gasteiger partial charge in [-0.1, -0.05) is 37.3 Å². The van der Waals surface area contributed by atoms with E-state index in [0.29, 0.717) is 6.42 Å². The van der Waals surface area contributed by atoms with Crippen molar-refractivity contribution in [1.29, 1.82) is 0 Å². The van der Waals surface area contributed by atoms with Crippen LogP contribution in [0.3, 0.4) is 0 Å². The van der Waals surface area contributed by atoms with Crippen molar-refractivity contribution in [2.24, 2.45) is 0 Å². The molecule has 0 saturated carbocycles. The Hall–Kier alpha value is -2.62. The molecule has 0 radical (unpaired) electrons. The summed E-state index contributed by atoms with van der Waals surface area (Å²) in [6, 6.07) is 14.9. The number of carbonyl (C=O) groups excluding carboxylic acids is 1. The number of benzene rings is 2. The summed E-state index contributed by atoms with van der Waals surface area (Å²) in [5.41, 5.74) is 3.03. The number of fused-ring (bicyclic) bond motifs is 1. The molecule has 4 heteroatoms. The van der Waals surface area contributed by atoms with Crippen LogP contribution in [-0.2, 0) is 11.3 Å². The highest BCUT2D eigenvalue weighted by Gasteiger charge is 2.23. The first-order valence-electron chi connectivity index (χ1n) is 9.66. The number of rotatable bonds is 7. The third-order valence-electron chi connectivity index (χ3n) is 5.20. The van der Waals surface area contributed by atoms with Crippen molar-refractivity contribution in [3.05, 3.63) is 71.7 Å². The van der Waals surface area contributed by atoms with Gasteiger partial charge in [-0.05, 0) is 49.6 Å². The second-order valence-electron chi connectivity index (χ2n) is 7.08. The minimum Gasteiger partial charge on any atom is -0.354 e. The van der Waals surface area contributed by atoms with Crippen molar-refractivity contribution in [3.63, 3.8) is 0 Å². The fraction of sp³-hybridized carbons (Fsp3) is 0.348. The lowest BCUT2D eigenvalue weighted by Crippen LogP contribution is -2.33. The summed E-state index contributed by atoms with van der Waals surface area (Å²) in [5.74, 6) is -0.478. The molecule has 3 aromatic rings. The van der Waals surface area contributed by atoms with Gasteiger partial charge in [0.2, 0.25) is 5.91 Å². The highest BCUT2D eigenvalue weighted by Crippen LogP contribution is 2.35. The molecule has 0 aliphatic rings. The Bertz CT molecular complexity index is 931. The van der Waals surface area contributed by atoms with Crippen molar-refractivity contribution in [2.45, 2.75) is 52.1 Å². The molecule has 0 unspecified atom stereocenters. The molecule has 0 aliphatic heterocycles. The second kappa shape index (κ2) is 8.38. The maximum absolute atomic E-state index is 13.9. The molecule has 2 atom stereocenters. The molecule has 3 rings (SSSR count). The molecular formula is C23H27FN2O. The highest BCUT2D eigenvalue weighted by molar-refractivity contribution is 5.86. The van der Waals surface area contributed by atoms with Crippen LogP contribution in [0.1, 0.15) is 50.7 Å². The molecular weight excluding hydrogens is 339 g/mol. The van der Waals surface area contributed by atoms with Crippen molar-refractivity contribution < 1.29 is 9.18 Å². The lowest BCUT2D eigenvalue weighted by molar-refractivity contribution is -0.121. The number of para-hydroxylation sites is 1. The van der Waals surface area contributed by atoms with Crippen LogP contribution in [0.25, 0.3) is 10.9 Å². The van der Waals surface area contributed by atoms with Gasteiger partial charge in [0.1, 0.15) is 5.82 Å². The minimum absolute atomic E-state index is 0.00746. The van der Waals surface area contributed by atoms with Gasteiger partial charge in [0.15, 0.2) is 0 Å². The fourth-order valence-corrected chi connectivity index (χ4v) is 3.57. The van der Waals surface area contributed by atoms with E-state index >= 15 is 0 Å². The van der Waals surface area contributed by atoms with Gasteiger partial charge in [-0.3, -0.25) is 4.79 Å². The monoisotopic (exact) mass is 366 g/mol. The zero-order chi connectivity index (χ0) is 19.4. The number of aromatic nitrogens is 1. The summed E-state index contributed by atoms with van der Waals surface area (Å²) >= 11 is 0. The number of nitrogens with one attached hydrogen (secondary N) is 1. The van der Waals surface area contributed by atoms with Gasteiger partial charge in [-0.25, -0.2) is 4.39 Å². The first-order chi connectivity index (χ1) is 13.0. The summed E-state index contributed by atoms with van der Waals surface area (Å²) < 4.78 is 16.1. The van der Waals surface area contributed by atoms with Gasteiger partial charge in [0.05, 0.1) is 0 Å². The highest BCUT2D eigenvalue weighted by atomic mass is 19.1. The zero-order valence-electron chi connectivity index (χ0n) is 16.2. The van der Waals surface area contributed by atoms with E-state index < -0.39 is 0 Å². The maximum Gasteiger partial charge on any atom is 0.221 e. The molecule has 1 aromatic heterocycles. The van der Waals surface area contributed by atoms with E-state index in [-0.39, 0.29) is 23.7 Å². The molecule has 27 heavy (non-hydrogen) atoms. The van der Waals surface area contributed by atoms with E-state index in [2.05, 4.69) is 35.1 Å². The Kier molecular flexibility index (Phi) is 5.94. The number of halogens is 1. The number of carbonyl (C=O) groups is 1. The molecule has 0 saturated heterocycles. The van der Waals surface area contributed by atoms with Crippen LogP contribution < -0.4 is 5.32 Å². The number of nitrogens with zero attached hydrogens (tertiary/aromatic N) is 1.